The highest BCUT2D eigenvalue weighted by atomic mass is 79.9. The molecular formula is C15H15BrFNO. The minimum atomic E-state index is -0.279. The normalized spacial score (nSPS) is 12.2. The summed E-state index contributed by atoms with van der Waals surface area (Å²) in [5.41, 5.74) is 2.47. The number of phenols is 1. The lowest BCUT2D eigenvalue weighted by atomic mass is 10.1. The summed E-state index contributed by atoms with van der Waals surface area (Å²) in [4.78, 5) is 0. The zero-order valence-electron chi connectivity index (χ0n) is 10.7. The number of nitrogens with one attached hydrogen (secondary N) is 1. The van der Waals surface area contributed by atoms with Gasteiger partial charge in [0.05, 0.1) is 10.5 Å². The van der Waals surface area contributed by atoms with E-state index in [1.807, 2.05) is 26.0 Å². The Morgan fingerprint density at radius 3 is 2.63 bits per heavy atom. The van der Waals surface area contributed by atoms with Crippen LogP contribution in [-0.4, -0.2) is 5.11 Å². The van der Waals surface area contributed by atoms with Gasteiger partial charge < -0.3 is 10.4 Å². The molecule has 2 nitrogen and oxygen atoms in total. The van der Waals surface area contributed by atoms with Crippen LogP contribution in [0, 0.1) is 12.7 Å². The second-order valence-electron chi connectivity index (χ2n) is 4.51. The average Bonchev–Trinajstić information content (AvgIpc) is 2.36. The van der Waals surface area contributed by atoms with Gasteiger partial charge in [-0.25, -0.2) is 4.39 Å². The van der Waals surface area contributed by atoms with Crippen molar-refractivity contribution in [1.29, 1.82) is 0 Å². The maximum Gasteiger partial charge on any atom is 0.137 e. The summed E-state index contributed by atoms with van der Waals surface area (Å²) in [6.07, 6.45) is 0. The molecule has 0 saturated carbocycles. The summed E-state index contributed by atoms with van der Waals surface area (Å²) < 4.78 is 13.8. The maximum atomic E-state index is 13.4. The molecule has 1 atom stereocenters. The second kappa shape index (κ2) is 5.61. The lowest BCUT2D eigenvalue weighted by Gasteiger charge is -2.18. The van der Waals surface area contributed by atoms with Crippen LogP contribution >= 0.6 is 15.9 Å². The van der Waals surface area contributed by atoms with Gasteiger partial charge in [-0.05, 0) is 53.5 Å². The first-order valence-electron chi connectivity index (χ1n) is 5.99. The second-order valence-corrected chi connectivity index (χ2v) is 5.36. The molecule has 4 heteroatoms. The highest BCUT2D eigenvalue weighted by Gasteiger charge is 2.12. The van der Waals surface area contributed by atoms with Crippen molar-refractivity contribution in [1.82, 2.24) is 0 Å². The van der Waals surface area contributed by atoms with E-state index < -0.39 is 0 Å². The molecule has 2 N–H and O–H groups in total. The molecule has 0 saturated heterocycles. The van der Waals surface area contributed by atoms with Crippen molar-refractivity contribution in [2.24, 2.45) is 0 Å². The standard InChI is InChI=1S/C15H15BrFNO/c1-9-7-13(17)12(16)8-14(9)18-10(2)11-5-3-4-6-15(11)19/h3-8,10,18-19H,1-2H3. The van der Waals surface area contributed by atoms with Crippen LogP contribution in [0.25, 0.3) is 0 Å². The third-order valence-corrected chi connectivity index (χ3v) is 3.65. The molecule has 0 aliphatic rings. The molecule has 0 aromatic heterocycles. The molecule has 0 aliphatic carbocycles. The maximum absolute atomic E-state index is 13.4. The Hall–Kier alpha value is -1.55. The fourth-order valence-electron chi connectivity index (χ4n) is 1.97. The largest absolute Gasteiger partial charge is 0.508 e. The summed E-state index contributed by atoms with van der Waals surface area (Å²) in [6, 6.07) is 10.3. The Balaban J connectivity index is 2.27. The third kappa shape index (κ3) is 3.07. The van der Waals surface area contributed by atoms with Gasteiger partial charge in [-0.2, -0.15) is 0 Å². The number of hydrogen-bond donors (Lipinski definition) is 2. The van der Waals surface area contributed by atoms with Gasteiger partial charge in [0.25, 0.3) is 0 Å². The van der Waals surface area contributed by atoms with Gasteiger partial charge in [-0.3, -0.25) is 0 Å². The van der Waals surface area contributed by atoms with Gasteiger partial charge in [-0.1, -0.05) is 18.2 Å². The van der Waals surface area contributed by atoms with E-state index in [1.54, 1.807) is 18.2 Å². The minimum Gasteiger partial charge on any atom is -0.508 e. The molecule has 2 aromatic rings. The molecule has 0 amide bonds. The van der Waals surface area contributed by atoms with Crippen molar-refractivity contribution in [2.75, 3.05) is 5.32 Å². The first-order valence-corrected chi connectivity index (χ1v) is 6.78. The van der Waals surface area contributed by atoms with Gasteiger partial charge in [0, 0.05) is 11.3 Å². The van der Waals surface area contributed by atoms with E-state index in [0.29, 0.717) is 4.47 Å². The van der Waals surface area contributed by atoms with E-state index in [-0.39, 0.29) is 17.6 Å². The summed E-state index contributed by atoms with van der Waals surface area (Å²) in [5, 5.41) is 13.1. The van der Waals surface area contributed by atoms with Crippen LogP contribution in [0.1, 0.15) is 24.1 Å². The lowest BCUT2D eigenvalue weighted by Crippen LogP contribution is -2.08. The van der Waals surface area contributed by atoms with E-state index in [2.05, 4.69) is 21.2 Å². The molecule has 0 aliphatic heterocycles. The smallest absolute Gasteiger partial charge is 0.137 e. The molecule has 2 aromatic carbocycles. The van der Waals surface area contributed by atoms with Crippen LogP contribution < -0.4 is 5.32 Å². The first-order chi connectivity index (χ1) is 8.99. The van der Waals surface area contributed by atoms with Crippen molar-refractivity contribution in [3.63, 3.8) is 0 Å². The summed E-state index contributed by atoms with van der Waals surface area (Å²) in [5.74, 6) is -0.0282. The van der Waals surface area contributed by atoms with Crippen molar-refractivity contribution >= 4 is 21.6 Å². The molecule has 0 fully saturated rings. The van der Waals surface area contributed by atoms with Crippen molar-refractivity contribution in [3.05, 3.63) is 57.8 Å². The van der Waals surface area contributed by atoms with Crippen LogP contribution in [0.5, 0.6) is 5.75 Å². The molecule has 2 rings (SSSR count). The Labute approximate surface area is 120 Å². The number of anilines is 1. The van der Waals surface area contributed by atoms with Gasteiger partial charge in [0.1, 0.15) is 11.6 Å². The molecule has 0 radical (unpaired) electrons. The number of phenolic OH excluding ortho intramolecular Hbond substituents is 1. The number of halogens is 2. The van der Waals surface area contributed by atoms with Crippen molar-refractivity contribution in [2.45, 2.75) is 19.9 Å². The Kier molecular flexibility index (Phi) is 4.10. The SMILES string of the molecule is Cc1cc(F)c(Br)cc1NC(C)c1ccccc1O. The number of benzene rings is 2. The topological polar surface area (TPSA) is 32.3 Å². The van der Waals surface area contributed by atoms with Crippen LogP contribution in [0.3, 0.4) is 0 Å². The molecule has 1 unspecified atom stereocenters. The van der Waals surface area contributed by atoms with Gasteiger partial charge in [0.2, 0.25) is 0 Å². The first kappa shape index (κ1) is 13.9. The number of para-hydroxylation sites is 1. The van der Waals surface area contributed by atoms with E-state index in [0.717, 1.165) is 16.8 Å². The Morgan fingerprint density at radius 2 is 1.95 bits per heavy atom. The number of aryl methyl sites for hydroxylation is 1. The van der Waals surface area contributed by atoms with Gasteiger partial charge in [-0.15, -0.1) is 0 Å². The minimum absolute atomic E-state index is 0.0720. The summed E-state index contributed by atoms with van der Waals surface area (Å²) in [6.45, 7) is 3.79. The molecule has 0 heterocycles. The van der Waals surface area contributed by atoms with E-state index in [1.165, 1.54) is 6.07 Å². The Morgan fingerprint density at radius 1 is 1.26 bits per heavy atom. The molecule has 0 spiro atoms. The van der Waals surface area contributed by atoms with E-state index in [9.17, 15) is 9.50 Å². The fraction of sp³-hybridized carbons (Fsp3) is 0.200. The fourth-order valence-corrected chi connectivity index (χ4v) is 2.31. The number of rotatable bonds is 3. The highest BCUT2D eigenvalue weighted by Crippen LogP contribution is 2.30. The van der Waals surface area contributed by atoms with Crippen molar-refractivity contribution in [3.8, 4) is 5.75 Å². The molecule has 100 valence electrons. The van der Waals surface area contributed by atoms with Crippen LogP contribution in [0.4, 0.5) is 10.1 Å². The van der Waals surface area contributed by atoms with Gasteiger partial charge in [0.15, 0.2) is 0 Å². The highest BCUT2D eigenvalue weighted by molar-refractivity contribution is 9.10. The number of hydrogen-bond acceptors (Lipinski definition) is 2. The predicted octanol–water partition coefficient (Wildman–Crippen LogP) is 4.78. The van der Waals surface area contributed by atoms with E-state index >= 15 is 0 Å². The third-order valence-electron chi connectivity index (χ3n) is 3.04. The summed E-state index contributed by atoms with van der Waals surface area (Å²) >= 11 is 3.18. The zero-order valence-corrected chi connectivity index (χ0v) is 12.3. The van der Waals surface area contributed by atoms with Crippen LogP contribution in [0.15, 0.2) is 40.9 Å². The van der Waals surface area contributed by atoms with Gasteiger partial charge >= 0.3 is 0 Å². The van der Waals surface area contributed by atoms with Crippen molar-refractivity contribution < 1.29 is 9.50 Å². The van der Waals surface area contributed by atoms with Crippen LogP contribution in [-0.2, 0) is 0 Å². The molecular weight excluding hydrogens is 309 g/mol. The monoisotopic (exact) mass is 323 g/mol. The molecule has 19 heavy (non-hydrogen) atoms. The lowest BCUT2D eigenvalue weighted by molar-refractivity contribution is 0.465. The average molecular weight is 324 g/mol. The summed E-state index contributed by atoms with van der Waals surface area (Å²) in [7, 11) is 0. The zero-order chi connectivity index (χ0) is 14.0. The van der Waals surface area contributed by atoms with E-state index in [4.69, 9.17) is 0 Å². The quantitative estimate of drug-likeness (QED) is 0.852. The number of aromatic hydroxyl groups is 1. The molecule has 0 bridgehead atoms. The Bertz CT molecular complexity index is 601. The predicted molar refractivity (Wildman–Crippen MR) is 79.0 cm³/mol. The van der Waals surface area contributed by atoms with Crippen LogP contribution in [0.2, 0.25) is 0 Å².